The van der Waals surface area contributed by atoms with E-state index in [9.17, 15) is 14.4 Å². The van der Waals surface area contributed by atoms with Crippen LogP contribution in [-0.2, 0) is 14.3 Å². The number of nitrogens with one attached hydrogen (secondary N) is 2. The third-order valence-corrected chi connectivity index (χ3v) is 4.57. The SMILES string of the molecule is CC(C)NC(=O)C(c1ccccc1)N(C(=O)CNC(=O)OC(C)(C)C)C1CC1C. The highest BCUT2D eigenvalue weighted by molar-refractivity contribution is 5.91. The Morgan fingerprint density at radius 2 is 1.76 bits per heavy atom. The van der Waals surface area contributed by atoms with E-state index in [1.807, 2.05) is 44.2 Å². The van der Waals surface area contributed by atoms with Gasteiger partial charge in [-0.05, 0) is 52.5 Å². The maximum absolute atomic E-state index is 13.1. The second-order valence-electron chi connectivity index (χ2n) is 8.91. The van der Waals surface area contributed by atoms with E-state index >= 15 is 0 Å². The first-order valence-electron chi connectivity index (χ1n) is 10.1. The number of nitrogens with zero attached hydrogens (tertiary/aromatic N) is 1. The lowest BCUT2D eigenvalue weighted by Gasteiger charge is -2.32. The lowest BCUT2D eigenvalue weighted by molar-refractivity contribution is -0.141. The normalized spacial score (nSPS) is 19.3. The van der Waals surface area contributed by atoms with Crippen LogP contribution in [0, 0.1) is 5.92 Å². The minimum atomic E-state index is -0.749. The molecule has 2 rings (SSSR count). The minimum absolute atomic E-state index is 0.0361. The van der Waals surface area contributed by atoms with Crippen LogP contribution in [0.2, 0.25) is 0 Å². The number of carbonyl (C=O) groups is 3. The Kier molecular flexibility index (Phi) is 7.27. The molecule has 1 fully saturated rings. The van der Waals surface area contributed by atoms with Crippen LogP contribution in [0.1, 0.15) is 59.6 Å². The lowest BCUT2D eigenvalue weighted by atomic mass is 10.0. The Bertz CT molecular complexity index is 727. The fourth-order valence-electron chi connectivity index (χ4n) is 3.20. The first kappa shape index (κ1) is 22.7. The van der Waals surface area contributed by atoms with Crippen molar-refractivity contribution in [3.8, 4) is 0 Å². The summed E-state index contributed by atoms with van der Waals surface area (Å²) in [6.45, 7) is 10.9. The van der Waals surface area contributed by atoms with Gasteiger partial charge in [-0.1, -0.05) is 37.3 Å². The van der Waals surface area contributed by atoms with Gasteiger partial charge in [0.05, 0.1) is 0 Å². The Balaban J connectivity index is 2.23. The number of hydrogen-bond acceptors (Lipinski definition) is 4. The highest BCUT2D eigenvalue weighted by atomic mass is 16.6. The van der Waals surface area contributed by atoms with Gasteiger partial charge in [-0.2, -0.15) is 0 Å². The monoisotopic (exact) mass is 403 g/mol. The number of benzene rings is 1. The fraction of sp³-hybridized carbons (Fsp3) is 0.591. The van der Waals surface area contributed by atoms with Crippen molar-refractivity contribution in [2.75, 3.05) is 6.54 Å². The predicted molar refractivity (Wildman–Crippen MR) is 111 cm³/mol. The number of ether oxygens (including phenoxy) is 1. The number of amides is 3. The van der Waals surface area contributed by atoms with Gasteiger partial charge in [0, 0.05) is 12.1 Å². The minimum Gasteiger partial charge on any atom is -0.444 e. The summed E-state index contributed by atoms with van der Waals surface area (Å²) in [5.41, 5.74) is 0.0945. The van der Waals surface area contributed by atoms with Crippen LogP contribution in [0.15, 0.2) is 30.3 Å². The molecule has 0 radical (unpaired) electrons. The van der Waals surface area contributed by atoms with Crippen LogP contribution in [-0.4, -0.2) is 47.0 Å². The number of carbonyl (C=O) groups excluding carboxylic acids is 3. The van der Waals surface area contributed by atoms with Gasteiger partial charge in [-0.3, -0.25) is 9.59 Å². The van der Waals surface area contributed by atoms with Crippen LogP contribution in [0.3, 0.4) is 0 Å². The fourth-order valence-corrected chi connectivity index (χ4v) is 3.20. The van der Waals surface area contributed by atoms with E-state index in [2.05, 4.69) is 17.6 Å². The Morgan fingerprint density at radius 1 is 1.17 bits per heavy atom. The third-order valence-electron chi connectivity index (χ3n) is 4.57. The van der Waals surface area contributed by atoms with E-state index in [0.717, 1.165) is 12.0 Å². The molecule has 0 aliphatic heterocycles. The molecule has 0 aromatic heterocycles. The standard InChI is InChI=1S/C22H33N3O4/c1-14(2)24-20(27)19(16-10-8-7-9-11-16)25(17-12-15(17)3)18(26)13-23-21(28)29-22(4,5)6/h7-11,14-15,17,19H,12-13H2,1-6H3,(H,23,28)(H,24,27). The van der Waals surface area contributed by atoms with E-state index in [0.29, 0.717) is 5.92 Å². The maximum atomic E-state index is 13.1. The smallest absolute Gasteiger partial charge is 0.408 e. The molecule has 29 heavy (non-hydrogen) atoms. The molecular formula is C22H33N3O4. The van der Waals surface area contributed by atoms with E-state index in [4.69, 9.17) is 4.74 Å². The molecule has 3 unspecified atom stereocenters. The molecule has 7 nitrogen and oxygen atoms in total. The highest BCUT2D eigenvalue weighted by Crippen LogP contribution is 2.40. The average Bonchev–Trinajstić information content (AvgIpc) is 3.32. The van der Waals surface area contributed by atoms with Crippen molar-refractivity contribution in [1.29, 1.82) is 0 Å². The van der Waals surface area contributed by atoms with Crippen molar-refractivity contribution in [2.45, 2.75) is 71.7 Å². The summed E-state index contributed by atoms with van der Waals surface area (Å²) in [5.74, 6) is -0.229. The predicted octanol–water partition coefficient (Wildman–Crippen LogP) is 3.01. The second kappa shape index (κ2) is 9.29. The Morgan fingerprint density at radius 3 is 2.24 bits per heavy atom. The molecule has 0 bridgehead atoms. The van der Waals surface area contributed by atoms with Crippen molar-refractivity contribution in [3.05, 3.63) is 35.9 Å². The van der Waals surface area contributed by atoms with Crippen LogP contribution < -0.4 is 10.6 Å². The summed E-state index contributed by atoms with van der Waals surface area (Å²) < 4.78 is 5.21. The van der Waals surface area contributed by atoms with Crippen molar-refractivity contribution in [1.82, 2.24) is 15.5 Å². The lowest BCUT2D eigenvalue weighted by Crippen LogP contribution is -2.50. The molecule has 160 valence electrons. The van der Waals surface area contributed by atoms with Crippen molar-refractivity contribution in [2.24, 2.45) is 5.92 Å². The summed E-state index contributed by atoms with van der Waals surface area (Å²) in [7, 11) is 0. The quantitative estimate of drug-likeness (QED) is 0.733. The van der Waals surface area contributed by atoms with Crippen molar-refractivity contribution >= 4 is 17.9 Å². The number of hydrogen-bond donors (Lipinski definition) is 2. The van der Waals surface area contributed by atoms with Crippen molar-refractivity contribution < 1.29 is 19.1 Å². The van der Waals surface area contributed by atoms with Crippen LogP contribution in [0.25, 0.3) is 0 Å². The molecule has 0 heterocycles. The molecule has 0 saturated heterocycles. The molecule has 1 saturated carbocycles. The maximum Gasteiger partial charge on any atom is 0.408 e. The van der Waals surface area contributed by atoms with Crippen LogP contribution in [0.4, 0.5) is 4.79 Å². The number of alkyl carbamates (subject to hydrolysis) is 1. The molecular weight excluding hydrogens is 370 g/mol. The zero-order chi connectivity index (χ0) is 21.8. The van der Waals surface area contributed by atoms with E-state index in [1.54, 1.807) is 25.7 Å². The third kappa shape index (κ3) is 6.76. The first-order valence-corrected chi connectivity index (χ1v) is 10.1. The van der Waals surface area contributed by atoms with Gasteiger partial charge in [0.25, 0.3) is 0 Å². The molecule has 3 atom stereocenters. The first-order chi connectivity index (χ1) is 13.5. The van der Waals surface area contributed by atoms with Gasteiger partial charge < -0.3 is 20.3 Å². The summed E-state index contributed by atoms with van der Waals surface area (Å²) in [6, 6.07) is 8.43. The van der Waals surface area contributed by atoms with Gasteiger partial charge in [0.2, 0.25) is 11.8 Å². The zero-order valence-electron chi connectivity index (χ0n) is 18.2. The van der Waals surface area contributed by atoms with Crippen molar-refractivity contribution in [3.63, 3.8) is 0 Å². The van der Waals surface area contributed by atoms with Gasteiger partial charge >= 0.3 is 6.09 Å². The van der Waals surface area contributed by atoms with E-state index in [1.165, 1.54) is 0 Å². The summed E-state index contributed by atoms with van der Waals surface area (Å²) >= 11 is 0. The van der Waals surface area contributed by atoms with Gasteiger partial charge in [-0.15, -0.1) is 0 Å². The molecule has 1 aliphatic carbocycles. The molecule has 2 N–H and O–H groups in total. The topological polar surface area (TPSA) is 87.7 Å². The second-order valence-corrected chi connectivity index (χ2v) is 8.91. The summed E-state index contributed by atoms with van der Waals surface area (Å²) in [5, 5.41) is 5.44. The average molecular weight is 404 g/mol. The Labute approximate surface area is 173 Å². The summed E-state index contributed by atoms with van der Waals surface area (Å²) in [4.78, 5) is 39.8. The van der Waals surface area contributed by atoms with Gasteiger partial charge in [-0.25, -0.2) is 4.79 Å². The van der Waals surface area contributed by atoms with Gasteiger partial charge in [0.1, 0.15) is 18.2 Å². The van der Waals surface area contributed by atoms with E-state index in [-0.39, 0.29) is 30.4 Å². The molecule has 7 heteroatoms. The molecule has 0 spiro atoms. The largest absolute Gasteiger partial charge is 0.444 e. The molecule has 1 aromatic carbocycles. The Hall–Kier alpha value is -2.57. The highest BCUT2D eigenvalue weighted by Gasteiger charge is 2.46. The summed E-state index contributed by atoms with van der Waals surface area (Å²) in [6.07, 6.45) is 0.175. The van der Waals surface area contributed by atoms with E-state index < -0.39 is 17.7 Å². The zero-order valence-corrected chi connectivity index (χ0v) is 18.2. The molecule has 3 amide bonds. The molecule has 1 aromatic rings. The number of rotatable bonds is 7. The van der Waals surface area contributed by atoms with Gasteiger partial charge in [0.15, 0.2) is 0 Å². The van der Waals surface area contributed by atoms with Crippen LogP contribution >= 0.6 is 0 Å². The molecule has 1 aliphatic rings. The van der Waals surface area contributed by atoms with Crippen LogP contribution in [0.5, 0.6) is 0 Å².